The van der Waals surface area contributed by atoms with Crippen molar-refractivity contribution in [1.82, 2.24) is 15.3 Å². The first-order valence-electron chi connectivity index (χ1n) is 6.21. The molecule has 1 atom stereocenters. The van der Waals surface area contributed by atoms with Gasteiger partial charge in [0.15, 0.2) is 0 Å². The number of aryl methyl sites for hydroxylation is 1. The van der Waals surface area contributed by atoms with E-state index in [1.54, 1.807) is 0 Å². The predicted molar refractivity (Wildman–Crippen MR) is 66.7 cm³/mol. The molecule has 0 saturated carbocycles. The molecule has 0 aliphatic carbocycles. The van der Waals surface area contributed by atoms with Crippen molar-refractivity contribution in [3.8, 4) is 0 Å². The van der Waals surface area contributed by atoms with E-state index in [1.807, 2.05) is 19.2 Å². The predicted octanol–water partition coefficient (Wildman–Crippen LogP) is 1.83. The van der Waals surface area contributed by atoms with Crippen molar-refractivity contribution in [2.45, 2.75) is 51.8 Å². The molecule has 0 aromatic carbocycles. The zero-order valence-electron chi connectivity index (χ0n) is 10.9. The van der Waals surface area contributed by atoms with Gasteiger partial charge in [-0.2, -0.15) is 0 Å². The Bertz CT molecular complexity index is 379. The Morgan fingerprint density at radius 1 is 1.53 bits per heavy atom. The summed E-state index contributed by atoms with van der Waals surface area (Å²) in [6.45, 7) is 7.87. The van der Waals surface area contributed by atoms with Gasteiger partial charge in [-0.05, 0) is 39.7 Å². The molecule has 1 N–H and O–H groups in total. The van der Waals surface area contributed by atoms with Crippen LogP contribution in [-0.4, -0.2) is 28.2 Å². The van der Waals surface area contributed by atoms with Crippen molar-refractivity contribution in [2.24, 2.45) is 0 Å². The minimum atomic E-state index is -0.00247. The summed E-state index contributed by atoms with van der Waals surface area (Å²) in [5.74, 6) is 0.830. The summed E-state index contributed by atoms with van der Waals surface area (Å²) in [5, 5.41) is 3.55. The molecule has 0 bridgehead atoms. The third-order valence-corrected chi connectivity index (χ3v) is 3.10. The van der Waals surface area contributed by atoms with Gasteiger partial charge in [-0.3, -0.25) is 0 Å². The third kappa shape index (κ3) is 3.75. The first kappa shape index (κ1) is 12.5. The molecule has 94 valence electrons. The summed E-state index contributed by atoms with van der Waals surface area (Å²) >= 11 is 0. The molecule has 1 aromatic rings. The molecule has 0 spiro atoms. The Kier molecular flexibility index (Phi) is 3.74. The second kappa shape index (κ2) is 5.10. The second-order valence-electron chi connectivity index (χ2n) is 5.27. The highest BCUT2D eigenvalue weighted by Crippen LogP contribution is 2.23. The second-order valence-corrected chi connectivity index (χ2v) is 5.27. The normalized spacial score (nSPS) is 23.6. The van der Waals surface area contributed by atoms with Gasteiger partial charge in [-0.1, -0.05) is 0 Å². The van der Waals surface area contributed by atoms with E-state index in [1.165, 1.54) is 0 Å². The lowest BCUT2D eigenvalue weighted by molar-refractivity contribution is -0.0631. The molecule has 4 nitrogen and oxygen atoms in total. The molecule has 1 unspecified atom stereocenters. The molecular weight excluding hydrogens is 214 g/mol. The molecule has 1 aromatic heterocycles. The Morgan fingerprint density at radius 2 is 2.35 bits per heavy atom. The Labute approximate surface area is 103 Å². The molecule has 1 saturated heterocycles. The standard InChI is InChI=1S/C13H21N3O/c1-10-14-6-4-12(16-10)9-15-11-5-7-17-13(2,3)8-11/h4,6,11,15H,5,7-9H2,1-3H3. The minimum absolute atomic E-state index is 0.00247. The zero-order valence-corrected chi connectivity index (χ0v) is 10.9. The highest BCUT2D eigenvalue weighted by atomic mass is 16.5. The lowest BCUT2D eigenvalue weighted by Gasteiger charge is -2.35. The topological polar surface area (TPSA) is 47.0 Å². The summed E-state index contributed by atoms with van der Waals surface area (Å²) in [5.41, 5.74) is 1.05. The van der Waals surface area contributed by atoms with Crippen molar-refractivity contribution in [3.05, 3.63) is 23.8 Å². The SMILES string of the molecule is Cc1nccc(CNC2CCOC(C)(C)C2)n1. The maximum Gasteiger partial charge on any atom is 0.125 e. The summed E-state index contributed by atoms with van der Waals surface area (Å²) < 4.78 is 5.70. The molecule has 17 heavy (non-hydrogen) atoms. The molecular formula is C13H21N3O. The van der Waals surface area contributed by atoms with Crippen molar-refractivity contribution in [1.29, 1.82) is 0 Å². The Morgan fingerprint density at radius 3 is 3.06 bits per heavy atom. The first-order valence-corrected chi connectivity index (χ1v) is 6.21. The number of ether oxygens (including phenoxy) is 1. The Hall–Kier alpha value is -1.00. The van der Waals surface area contributed by atoms with Crippen molar-refractivity contribution < 1.29 is 4.74 Å². The smallest absolute Gasteiger partial charge is 0.125 e. The van der Waals surface area contributed by atoms with Crippen molar-refractivity contribution in [2.75, 3.05) is 6.61 Å². The molecule has 2 heterocycles. The molecule has 1 fully saturated rings. The molecule has 1 aliphatic heterocycles. The van der Waals surface area contributed by atoms with Crippen LogP contribution in [0.2, 0.25) is 0 Å². The van der Waals surface area contributed by atoms with E-state index >= 15 is 0 Å². The number of hydrogen-bond donors (Lipinski definition) is 1. The van der Waals surface area contributed by atoms with E-state index in [2.05, 4.69) is 29.1 Å². The molecule has 0 radical (unpaired) electrons. The minimum Gasteiger partial charge on any atom is -0.375 e. The number of aromatic nitrogens is 2. The van der Waals surface area contributed by atoms with Gasteiger partial charge in [0.1, 0.15) is 5.82 Å². The van der Waals surface area contributed by atoms with Crippen LogP contribution in [-0.2, 0) is 11.3 Å². The molecule has 1 aliphatic rings. The van der Waals surface area contributed by atoms with Gasteiger partial charge in [0, 0.05) is 25.4 Å². The lowest BCUT2D eigenvalue weighted by atomic mass is 9.94. The fourth-order valence-corrected chi connectivity index (χ4v) is 2.26. The van der Waals surface area contributed by atoms with E-state index in [0.717, 1.165) is 37.5 Å². The van der Waals surface area contributed by atoms with Crippen molar-refractivity contribution >= 4 is 0 Å². The van der Waals surface area contributed by atoms with Crippen LogP contribution < -0.4 is 5.32 Å². The number of nitrogens with one attached hydrogen (secondary N) is 1. The number of hydrogen-bond acceptors (Lipinski definition) is 4. The van der Waals surface area contributed by atoms with Gasteiger partial charge in [0.2, 0.25) is 0 Å². The van der Waals surface area contributed by atoms with Gasteiger partial charge in [-0.15, -0.1) is 0 Å². The number of rotatable bonds is 3. The average molecular weight is 235 g/mol. The zero-order chi connectivity index (χ0) is 12.3. The van der Waals surface area contributed by atoms with Crippen LogP contribution in [0.25, 0.3) is 0 Å². The van der Waals surface area contributed by atoms with Gasteiger partial charge in [-0.25, -0.2) is 9.97 Å². The third-order valence-electron chi connectivity index (χ3n) is 3.10. The summed E-state index contributed by atoms with van der Waals surface area (Å²) in [7, 11) is 0. The first-order chi connectivity index (χ1) is 8.05. The fraction of sp³-hybridized carbons (Fsp3) is 0.692. The van der Waals surface area contributed by atoms with Gasteiger partial charge in [0.05, 0.1) is 11.3 Å². The Balaban J connectivity index is 1.86. The fourth-order valence-electron chi connectivity index (χ4n) is 2.26. The summed E-state index contributed by atoms with van der Waals surface area (Å²) in [4.78, 5) is 8.49. The molecule has 4 heteroatoms. The largest absolute Gasteiger partial charge is 0.375 e. The lowest BCUT2D eigenvalue weighted by Crippen LogP contribution is -2.43. The summed E-state index contributed by atoms with van der Waals surface area (Å²) in [6.07, 6.45) is 3.94. The van der Waals surface area contributed by atoms with Crippen LogP contribution in [0.1, 0.15) is 38.2 Å². The monoisotopic (exact) mass is 235 g/mol. The van der Waals surface area contributed by atoms with Crippen LogP contribution in [0.5, 0.6) is 0 Å². The van der Waals surface area contributed by atoms with E-state index < -0.39 is 0 Å². The van der Waals surface area contributed by atoms with E-state index in [4.69, 9.17) is 4.74 Å². The highest BCUT2D eigenvalue weighted by molar-refractivity contribution is 5.01. The van der Waals surface area contributed by atoms with Crippen LogP contribution in [0.3, 0.4) is 0 Å². The van der Waals surface area contributed by atoms with Gasteiger partial charge < -0.3 is 10.1 Å². The average Bonchev–Trinajstić information content (AvgIpc) is 2.25. The highest BCUT2D eigenvalue weighted by Gasteiger charge is 2.28. The van der Waals surface area contributed by atoms with E-state index in [0.29, 0.717) is 6.04 Å². The molecule has 0 amide bonds. The van der Waals surface area contributed by atoms with Crippen LogP contribution in [0.4, 0.5) is 0 Å². The van der Waals surface area contributed by atoms with Crippen LogP contribution in [0.15, 0.2) is 12.3 Å². The van der Waals surface area contributed by atoms with Gasteiger partial charge in [0.25, 0.3) is 0 Å². The van der Waals surface area contributed by atoms with Crippen LogP contribution >= 0.6 is 0 Å². The number of nitrogens with zero attached hydrogens (tertiary/aromatic N) is 2. The van der Waals surface area contributed by atoms with Gasteiger partial charge >= 0.3 is 0 Å². The van der Waals surface area contributed by atoms with E-state index in [-0.39, 0.29) is 5.60 Å². The summed E-state index contributed by atoms with van der Waals surface area (Å²) in [6, 6.07) is 2.49. The van der Waals surface area contributed by atoms with Crippen molar-refractivity contribution in [3.63, 3.8) is 0 Å². The quantitative estimate of drug-likeness (QED) is 0.868. The maximum absolute atomic E-state index is 5.70. The van der Waals surface area contributed by atoms with Crippen LogP contribution in [0, 0.1) is 6.92 Å². The molecule has 2 rings (SSSR count). The maximum atomic E-state index is 5.70. The van der Waals surface area contributed by atoms with E-state index in [9.17, 15) is 0 Å².